The van der Waals surface area contributed by atoms with Crippen molar-refractivity contribution in [2.75, 3.05) is 13.1 Å². The van der Waals surface area contributed by atoms with E-state index in [2.05, 4.69) is 15.6 Å². The molecule has 10 heteroatoms. The van der Waals surface area contributed by atoms with E-state index >= 15 is 0 Å². The fraction of sp³-hybridized carbons (Fsp3) is 0.632. The standard InChI is InChI=1S/C19H30N4O4S2/c1-14(17(24)21-18(25)22-19(2,3)4)28-16-10-9-15(13-20-16)29(26,27)23-11-7-5-6-8-12-23/h9-10,13-14H,5-8,11-12H2,1-4H3,(H2,21,22,24,25)/t14-/m1/s1. The smallest absolute Gasteiger partial charge is 0.321 e. The van der Waals surface area contributed by atoms with Crippen LogP contribution in [0.15, 0.2) is 28.3 Å². The Morgan fingerprint density at radius 2 is 1.76 bits per heavy atom. The molecule has 1 atom stereocenters. The molecule has 2 heterocycles. The number of sulfonamides is 1. The Morgan fingerprint density at radius 3 is 2.28 bits per heavy atom. The summed E-state index contributed by atoms with van der Waals surface area (Å²) in [6.45, 7) is 8.19. The lowest BCUT2D eigenvalue weighted by atomic mass is 10.1. The second kappa shape index (κ2) is 9.90. The van der Waals surface area contributed by atoms with Gasteiger partial charge in [-0.1, -0.05) is 24.6 Å². The SMILES string of the molecule is C[C@@H](Sc1ccc(S(=O)(=O)N2CCCCCC2)cn1)C(=O)NC(=O)NC(C)(C)C. The molecule has 2 rings (SSSR count). The molecule has 1 aromatic heterocycles. The highest BCUT2D eigenvalue weighted by Crippen LogP contribution is 2.24. The van der Waals surface area contributed by atoms with Crippen LogP contribution in [-0.4, -0.2) is 53.5 Å². The average Bonchev–Trinajstić information content (AvgIpc) is 2.90. The molecule has 3 amide bonds. The number of nitrogens with zero attached hydrogens (tertiary/aromatic N) is 2. The number of imide groups is 1. The van der Waals surface area contributed by atoms with E-state index in [9.17, 15) is 18.0 Å². The maximum absolute atomic E-state index is 12.8. The van der Waals surface area contributed by atoms with Crippen LogP contribution in [0.5, 0.6) is 0 Å². The summed E-state index contributed by atoms with van der Waals surface area (Å²) in [5.74, 6) is -0.445. The van der Waals surface area contributed by atoms with Crippen LogP contribution in [0.4, 0.5) is 4.79 Å². The lowest BCUT2D eigenvalue weighted by Gasteiger charge is -2.21. The lowest BCUT2D eigenvalue weighted by Crippen LogP contribution is -2.49. The maximum Gasteiger partial charge on any atom is 0.321 e. The van der Waals surface area contributed by atoms with E-state index in [-0.39, 0.29) is 4.90 Å². The van der Waals surface area contributed by atoms with Crippen LogP contribution in [-0.2, 0) is 14.8 Å². The number of nitrogens with one attached hydrogen (secondary N) is 2. The van der Waals surface area contributed by atoms with Crippen LogP contribution >= 0.6 is 11.8 Å². The van der Waals surface area contributed by atoms with Gasteiger partial charge in [-0.05, 0) is 52.7 Å². The van der Waals surface area contributed by atoms with Gasteiger partial charge in [-0.15, -0.1) is 0 Å². The molecule has 0 spiro atoms. The largest absolute Gasteiger partial charge is 0.333 e. The van der Waals surface area contributed by atoms with Crippen molar-refractivity contribution >= 4 is 33.7 Å². The molecule has 0 bridgehead atoms. The minimum atomic E-state index is -3.55. The van der Waals surface area contributed by atoms with E-state index in [0.717, 1.165) is 37.4 Å². The summed E-state index contributed by atoms with van der Waals surface area (Å²) in [4.78, 5) is 28.4. The Labute approximate surface area is 177 Å². The van der Waals surface area contributed by atoms with Crippen LogP contribution < -0.4 is 10.6 Å². The van der Waals surface area contributed by atoms with E-state index < -0.39 is 32.8 Å². The van der Waals surface area contributed by atoms with Crippen LogP contribution in [0.3, 0.4) is 0 Å². The van der Waals surface area contributed by atoms with Crippen molar-refractivity contribution in [1.29, 1.82) is 0 Å². The molecule has 29 heavy (non-hydrogen) atoms. The second-order valence-corrected chi connectivity index (χ2v) is 11.4. The van der Waals surface area contributed by atoms with Crippen molar-refractivity contribution in [3.05, 3.63) is 18.3 Å². The van der Waals surface area contributed by atoms with Gasteiger partial charge in [0.1, 0.15) is 4.90 Å². The number of carbonyl (C=O) groups excluding carboxylic acids is 2. The molecule has 0 saturated carbocycles. The summed E-state index contributed by atoms with van der Waals surface area (Å²) in [6.07, 6.45) is 5.17. The van der Waals surface area contributed by atoms with E-state index in [0.29, 0.717) is 18.1 Å². The molecule has 0 radical (unpaired) electrons. The minimum Gasteiger partial charge on any atom is -0.333 e. The molecule has 162 valence electrons. The first-order chi connectivity index (χ1) is 13.5. The number of rotatable bonds is 5. The Morgan fingerprint density at radius 1 is 1.14 bits per heavy atom. The number of aromatic nitrogens is 1. The summed E-state index contributed by atoms with van der Waals surface area (Å²) in [5.41, 5.74) is -0.447. The molecule has 1 saturated heterocycles. The van der Waals surface area contributed by atoms with Crippen molar-refractivity contribution in [3.63, 3.8) is 0 Å². The molecule has 1 aliphatic heterocycles. The number of urea groups is 1. The third kappa shape index (κ3) is 7.27. The summed E-state index contributed by atoms with van der Waals surface area (Å²) >= 11 is 1.16. The highest BCUT2D eigenvalue weighted by molar-refractivity contribution is 8.00. The number of carbonyl (C=O) groups is 2. The zero-order valence-electron chi connectivity index (χ0n) is 17.4. The van der Waals surface area contributed by atoms with Crippen molar-refractivity contribution < 1.29 is 18.0 Å². The van der Waals surface area contributed by atoms with Gasteiger partial charge in [0.15, 0.2) is 0 Å². The summed E-state index contributed by atoms with van der Waals surface area (Å²) in [5, 5.41) is 4.91. The number of hydrogen-bond donors (Lipinski definition) is 2. The van der Waals surface area contributed by atoms with Gasteiger partial charge in [-0.25, -0.2) is 18.2 Å². The van der Waals surface area contributed by atoms with Gasteiger partial charge in [-0.2, -0.15) is 4.31 Å². The van der Waals surface area contributed by atoms with Gasteiger partial charge >= 0.3 is 6.03 Å². The quantitative estimate of drug-likeness (QED) is 0.679. The van der Waals surface area contributed by atoms with Crippen LogP contribution in [0, 0.1) is 0 Å². The van der Waals surface area contributed by atoms with Crippen LogP contribution in [0.1, 0.15) is 53.4 Å². The Bertz CT molecular complexity index is 812. The highest BCUT2D eigenvalue weighted by atomic mass is 32.2. The first-order valence-corrected chi connectivity index (χ1v) is 12.1. The van der Waals surface area contributed by atoms with Crippen molar-refractivity contribution in [2.24, 2.45) is 0 Å². The average molecular weight is 443 g/mol. The Balaban J connectivity index is 1.97. The summed E-state index contributed by atoms with van der Waals surface area (Å²) in [6, 6.07) is 2.56. The summed E-state index contributed by atoms with van der Waals surface area (Å²) < 4.78 is 27.1. The molecule has 0 aliphatic carbocycles. The Hall–Kier alpha value is -1.65. The predicted molar refractivity (Wildman–Crippen MR) is 113 cm³/mol. The number of amides is 3. The van der Waals surface area contributed by atoms with Gasteiger partial charge < -0.3 is 5.32 Å². The normalized spacial score (nSPS) is 17.2. The third-order valence-electron chi connectivity index (χ3n) is 4.30. The highest BCUT2D eigenvalue weighted by Gasteiger charge is 2.26. The maximum atomic E-state index is 12.8. The monoisotopic (exact) mass is 442 g/mol. The zero-order chi connectivity index (χ0) is 21.7. The van der Waals surface area contributed by atoms with E-state index in [4.69, 9.17) is 0 Å². The molecular formula is C19H30N4O4S2. The number of pyridine rings is 1. The van der Waals surface area contributed by atoms with Crippen molar-refractivity contribution in [2.45, 2.75) is 74.1 Å². The topological polar surface area (TPSA) is 108 Å². The fourth-order valence-corrected chi connectivity index (χ4v) is 5.09. The molecule has 1 aromatic rings. The molecule has 1 aliphatic rings. The molecule has 8 nitrogen and oxygen atoms in total. The molecule has 2 N–H and O–H groups in total. The minimum absolute atomic E-state index is 0.158. The van der Waals surface area contributed by atoms with Crippen molar-refractivity contribution in [1.82, 2.24) is 19.9 Å². The third-order valence-corrected chi connectivity index (χ3v) is 7.24. The van der Waals surface area contributed by atoms with E-state index in [1.807, 2.05) is 20.8 Å². The van der Waals surface area contributed by atoms with Gasteiger partial charge in [0.05, 0.1) is 10.3 Å². The second-order valence-electron chi connectivity index (χ2n) is 8.10. The molecule has 1 fully saturated rings. The van der Waals surface area contributed by atoms with Gasteiger partial charge in [0.2, 0.25) is 15.9 Å². The van der Waals surface area contributed by atoms with Gasteiger partial charge in [-0.3, -0.25) is 10.1 Å². The Kier molecular flexibility index (Phi) is 8.07. The molecule has 0 aromatic carbocycles. The van der Waals surface area contributed by atoms with Gasteiger partial charge in [0.25, 0.3) is 0 Å². The molecule has 0 unspecified atom stereocenters. The molecular weight excluding hydrogens is 412 g/mol. The first-order valence-electron chi connectivity index (χ1n) is 9.75. The fourth-order valence-electron chi connectivity index (χ4n) is 2.84. The zero-order valence-corrected chi connectivity index (χ0v) is 19.0. The van der Waals surface area contributed by atoms with E-state index in [1.165, 1.54) is 16.6 Å². The van der Waals surface area contributed by atoms with Gasteiger partial charge in [0, 0.05) is 24.8 Å². The predicted octanol–water partition coefficient (Wildman–Crippen LogP) is 2.75. The van der Waals surface area contributed by atoms with Crippen LogP contribution in [0.2, 0.25) is 0 Å². The van der Waals surface area contributed by atoms with Crippen molar-refractivity contribution in [3.8, 4) is 0 Å². The lowest BCUT2D eigenvalue weighted by molar-refractivity contribution is -0.119. The summed E-state index contributed by atoms with van der Waals surface area (Å²) in [7, 11) is -3.55. The number of thioether (sulfide) groups is 1. The van der Waals surface area contributed by atoms with E-state index in [1.54, 1.807) is 13.0 Å². The first kappa shape index (κ1) is 23.6. The van der Waals surface area contributed by atoms with Crippen LogP contribution in [0.25, 0.3) is 0 Å². The number of hydrogen-bond acceptors (Lipinski definition) is 6.